The van der Waals surface area contributed by atoms with Crippen LogP contribution >= 0.6 is 23.2 Å². The van der Waals surface area contributed by atoms with E-state index in [4.69, 9.17) is 33.7 Å². The summed E-state index contributed by atoms with van der Waals surface area (Å²) in [6.07, 6.45) is 0.643. The van der Waals surface area contributed by atoms with Crippen molar-refractivity contribution in [2.75, 3.05) is 0 Å². The Kier molecular flexibility index (Phi) is 7.22. The van der Waals surface area contributed by atoms with Crippen LogP contribution in [0.15, 0.2) is 42.5 Å². The van der Waals surface area contributed by atoms with Crippen LogP contribution in [0.5, 0.6) is 0 Å². The molecule has 0 bridgehead atoms. The minimum absolute atomic E-state index is 0.0202. The lowest BCUT2D eigenvalue weighted by Gasteiger charge is -2.39. The largest absolute Gasteiger partial charge is 0.459 e. The summed E-state index contributed by atoms with van der Waals surface area (Å²) >= 11 is 12.3. The van der Waals surface area contributed by atoms with Gasteiger partial charge in [-0.1, -0.05) is 68.2 Å². The van der Waals surface area contributed by atoms with Gasteiger partial charge < -0.3 is 10.5 Å². The lowest BCUT2D eigenvalue weighted by molar-refractivity contribution is -0.157. The Morgan fingerprint density at radius 2 is 1.70 bits per heavy atom. The highest BCUT2D eigenvalue weighted by atomic mass is 35.5. The molecule has 7 heteroatoms. The van der Waals surface area contributed by atoms with E-state index in [1.54, 1.807) is 45.0 Å². The van der Waals surface area contributed by atoms with Crippen molar-refractivity contribution in [3.63, 3.8) is 0 Å². The summed E-state index contributed by atoms with van der Waals surface area (Å²) in [5.41, 5.74) is 6.31. The molecule has 4 atom stereocenters. The standard InChI is InChI=1S/C26H33Cl2FN2O2/c1-24(2,3)14-19-26(30,15-10-12-16(27)13-11-15)20(17-8-7-9-18(28)21(17)29)22(31-19)23(32)33-25(4,5)6/h7-13,19-20,22,31H,14,30H2,1-6H3/t19-,20-,22+,26+/m0/s1. The smallest absolute Gasteiger partial charge is 0.324 e. The summed E-state index contributed by atoms with van der Waals surface area (Å²) in [6.45, 7) is 11.7. The topological polar surface area (TPSA) is 64.3 Å². The van der Waals surface area contributed by atoms with E-state index in [-0.39, 0.29) is 22.0 Å². The first-order valence-electron chi connectivity index (χ1n) is 11.1. The van der Waals surface area contributed by atoms with Gasteiger partial charge in [-0.25, -0.2) is 4.39 Å². The number of esters is 1. The molecule has 0 unspecified atom stereocenters. The van der Waals surface area contributed by atoms with Crippen LogP contribution < -0.4 is 11.1 Å². The second-order valence-corrected chi connectivity index (χ2v) is 11.9. The highest BCUT2D eigenvalue weighted by Gasteiger charge is 2.58. The molecular formula is C26H33Cl2FN2O2. The predicted molar refractivity (Wildman–Crippen MR) is 132 cm³/mol. The molecule has 1 aliphatic rings. The predicted octanol–water partition coefficient (Wildman–Crippen LogP) is 6.19. The van der Waals surface area contributed by atoms with E-state index in [0.717, 1.165) is 5.56 Å². The lowest BCUT2D eigenvalue weighted by Crippen LogP contribution is -2.52. The third-order valence-corrected chi connectivity index (χ3v) is 6.49. The minimum atomic E-state index is -1.13. The van der Waals surface area contributed by atoms with Crippen molar-refractivity contribution in [3.8, 4) is 0 Å². The molecule has 0 spiro atoms. The van der Waals surface area contributed by atoms with Gasteiger partial charge in [0.25, 0.3) is 0 Å². The molecule has 3 N–H and O–H groups in total. The van der Waals surface area contributed by atoms with Gasteiger partial charge in [0.15, 0.2) is 0 Å². The number of nitrogens with two attached hydrogens (primary N) is 1. The van der Waals surface area contributed by atoms with Crippen LogP contribution in [0, 0.1) is 11.2 Å². The van der Waals surface area contributed by atoms with Crippen LogP contribution in [0.25, 0.3) is 0 Å². The molecule has 0 aromatic heterocycles. The van der Waals surface area contributed by atoms with Gasteiger partial charge in [0.1, 0.15) is 17.5 Å². The van der Waals surface area contributed by atoms with Gasteiger partial charge in [0.05, 0.1) is 10.6 Å². The van der Waals surface area contributed by atoms with E-state index >= 15 is 4.39 Å². The number of rotatable bonds is 4. The van der Waals surface area contributed by atoms with Crippen LogP contribution in [0.3, 0.4) is 0 Å². The second-order valence-electron chi connectivity index (χ2n) is 11.1. The summed E-state index contributed by atoms with van der Waals surface area (Å²) in [4.78, 5) is 13.4. The van der Waals surface area contributed by atoms with E-state index in [2.05, 4.69) is 26.1 Å². The maximum Gasteiger partial charge on any atom is 0.324 e. The fraction of sp³-hybridized carbons (Fsp3) is 0.500. The first-order chi connectivity index (χ1) is 15.1. The van der Waals surface area contributed by atoms with Crippen LogP contribution in [0.4, 0.5) is 4.39 Å². The van der Waals surface area contributed by atoms with Crippen molar-refractivity contribution in [1.82, 2.24) is 5.32 Å². The summed E-state index contributed by atoms with van der Waals surface area (Å²) in [5.74, 6) is -1.83. The first-order valence-corrected chi connectivity index (χ1v) is 11.9. The molecule has 33 heavy (non-hydrogen) atoms. The molecule has 2 aromatic carbocycles. The first kappa shape index (κ1) is 26.0. The number of carbonyl (C=O) groups excluding carboxylic acids is 1. The third kappa shape index (κ3) is 5.54. The van der Waals surface area contributed by atoms with Crippen molar-refractivity contribution >= 4 is 29.2 Å². The van der Waals surface area contributed by atoms with E-state index in [1.165, 1.54) is 6.07 Å². The zero-order chi connectivity index (χ0) is 24.8. The molecule has 2 aromatic rings. The fourth-order valence-electron chi connectivity index (χ4n) is 4.67. The Balaban J connectivity index is 2.25. The quantitative estimate of drug-likeness (QED) is 0.497. The summed E-state index contributed by atoms with van der Waals surface area (Å²) in [6, 6.07) is 10.8. The molecule has 1 heterocycles. The Labute approximate surface area is 206 Å². The maximum atomic E-state index is 15.4. The van der Waals surface area contributed by atoms with Crippen LogP contribution in [-0.4, -0.2) is 23.7 Å². The minimum Gasteiger partial charge on any atom is -0.459 e. The average Bonchev–Trinajstić information content (AvgIpc) is 2.95. The zero-order valence-corrected chi connectivity index (χ0v) is 21.5. The Morgan fingerprint density at radius 3 is 2.24 bits per heavy atom. The maximum absolute atomic E-state index is 15.4. The summed E-state index contributed by atoms with van der Waals surface area (Å²) in [5, 5.41) is 3.97. The summed E-state index contributed by atoms with van der Waals surface area (Å²) < 4.78 is 21.2. The monoisotopic (exact) mass is 494 g/mol. The van der Waals surface area contributed by atoms with E-state index in [1.807, 2.05) is 12.1 Å². The van der Waals surface area contributed by atoms with Crippen molar-refractivity contribution in [1.29, 1.82) is 0 Å². The molecule has 0 amide bonds. The van der Waals surface area contributed by atoms with Gasteiger partial charge in [-0.2, -0.15) is 0 Å². The Morgan fingerprint density at radius 1 is 1.09 bits per heavy atom. The average molecular weight is 495 g/mol. The highest BCUT2D eigenvalue weighted by Crippen LogP contribution is 2.49. The molecule has 1 aliphatic heterocycles. The fourth-order valence-corrected chi connectivity index (χ4v) is 4.98. The molecular weight excluding hydrogens is 462 g/mol. The third-order valence-electron chi connectivity index (χ3n) is 5.94. The molecule has 0 radical (unpaired) electrons. The van der Waals surface area contributed by atoms with Gasteiger partial charge in [-0.05, 0) is 61.9 Å². The molecule has 0 saturated carbocycles. The van der Waals surface area contributed by atoms with Gasteiger partial charge in [0.2, 0.25) is 0 Å². The molecule has 4 nitrogen and oxygen atoms in total. The van der Waals surface area contributed by atoms with Crippen molar-refractivity contribution < 1.29 is 13.9 Å². The number of ether oxygens (including phenoxy) is 1. The number of hydrogen-bond acceptors (Lipinski definition) is 4. The molecule has 1 fully saturated rings. The van der Waals surface area contributed by atoms with E-state index in [0.29, 0.717) is 11.4 Å². The Hall–Kier alpha value is -1.66. The number of hydrogen-bond donors (Lipinski definition) is 2. The summed E-state index contributed by atoms with van der Waals surface area (Å²) in [7, 11) is 0. The highest BCUT2D eigenvalue weighted by molar-refractivity contribution is 6.31. The second kappa shape index (κ2) is 9.18. The van der Waals surface area contributed by atoms with Gasteiger partial charge >= 0.3 is 5.97 Å². The zero-order valence-electron chi connectivity index (χ0n) is 20.0. The molecule has 0 aliphatic carbocycles. The normalized spacial score (nSPS) is 25.8. The SMILES string of the molecule is CC(C)(C)C[C@@H]1N[C@@H](C(=O)OC(C)(C)C)[C@H](c2cccc(Cl)c2F)[C@@]1(N)c1ccc(Cl)cc1. The Bertz CT molecular complexity index is 1010. The van der Waals surface area contributed by atoms with Crippen molar-refractivity contribution in [2.24, 2.45) is 11.1 Å². The van der Waals surface area contributed by atoms with Gasteiger partial charge in [-0.3, -0.25) is 10.1 Å². The number of benzene rings is 2. The molecule has 180 valence electrons. The van der Waals surface area contributed by atoms with Gasteiger partial charge in [0, 0.05) is 17.0 Å². The lowest BCUT2D eigenvalue weighted by atomic mass is 9.68. The van der Waals surface area contributed by atoms with Crippen molar-refractivity contribution in [3.05, 3.63) is 69.5 Å². The number of halogens is 3. The molecule has 1 saturated heterocycles. The van der Waals surface area contributed by atoms with Crippen LogP contribution in [0.1, 0.15) is 65.0 Å². The number of carbonyl (C=O) groups is 1. The number of nitrogens with one attached hydrogen (secondary N) is 1. The van der Waals surface area contributed by atoms with Crippen molar-refractivity contribution in [2.45, 2.75) is 77.1 Å². The molecule has 3 rings (SSSR count). The van der Waals surface area contributed by atoms with Gasteiger partial charge in [-0.15, -0.1) is 0 Å². The van der Waals surface area contributed by atoms with Crippen LogP contribution in [-0.2, 0) is 15.1 Å². The van der Waals surface area contributed by atoms with Crippen LogP contribution in [0.2, 0.25) is 10.0 Å². The van der Waals surface area contributed by atoms with E-state index in [9.17, 15) is 4.79 Å². The van der Waals surface area contributed by atoms with E-state index < -0.39 is 34.9 Å².